The molecule has 1 atom stereocenters. The molecule has 1 fully saturated rings. The lowest BCUT2D eigenvalue weighted by Crippen LogP contribution is -2.47. The highest BCUT2D eigenvalue weighted by atomic mass is 32.2. The van der Waals surface area contributed by atoms with Crippen LogP contribution in [-0.4, -0.2) is 44.5 Å². The highest BCUT2D eigenvalue weighted by Crippen LogP contribution is 2.32. The standard InChI is InChI=1S/C19H28N2O3S/c1-14(2)15-8-9-18-16(12-15)6-5-11-21(18)19(22)17-7-4-10-20(13-17)25(3,23)24/h8-9,12,14,17H,4-7,10-11,13H2,1-3H3/t17-/m1/s1. The number of sulfonamides is 1. The molecular weight excluding hydrogens is 336 g/mol. The van der Waals surface area contributed by atoms with Gasteiger partial charge in [0.2, 0.25) is 15.9 Å². The van der Waals surface area contributed by atoms with Gasteiger partial charge < -0.3 is 4.90 Å². The second-order valence-corrected chi connectivity index (χ2v) is 9.58. The Morgan fingerprint density at radius 2 is 1.96 bits per heavy atom. The Morgan fingerprint density at radius 1 is 1.20 bits per heavy atom. The minimum Gasteiger partial charge on any atom is -0.312 e. The quantitative estimate of drug-likeness (QED) is 0.829. The van der Waals surface area contributed by atoms with E-state index < -0.39 is 10.0 Å². The number of fused-ring (bicyclic) bond motifs is 1. The van der Waals surface area contributed by atoms with Gasteiger partial charge in [0.15, 0.2) is 0 Å². The van der Waals surface area contributed by atoms with Crippen molar-refractivity contribution in [2.75, 3.05) is 30.8 Å². The summed E-state index contributed by atoms with van der Waals surface area (Å²) >= 11 is 0. The molecule has 1 saturated heterocycles. The predicted octanol–water partition coefficient (Wildman–Crippen LogP) is 2.76. The molecule has 2 heterocycles. The molecule has 0 aliphatic carbocycles. The minimum atomic E-state index is -3.24. The monoisotopic (exact) mass is 364 g/mol. The number of amides is 1. The average molecular weight is 365 g/mol. The van der Waals surface area contributed by atoms with E-state index in [9.17, 15) is 13.2 Å². The number of hydrogen-bond donors (Lipinski definition) is 0. The number of aryl methyl sites for hydroxylation is 1. The summed E-state index contributed by atoms with van der Waals surface area (Å²) in [6.45, 7) is 5.91. The SMILES string of the molecule is CC(C)c1ccc2c(c1)CCCN2C(=O)[C@@H]1CCCN(S(C)(=O)=O)C1. The Labute approximate surface area is 151 Å². The van der Waals surface area contributed by atoms with Gasteiger partial charge in [0.05, 0.1) is 12.2 Å². The van der Waals surface area contributed by atoms with E-state index in [0.29, 0.717) is 19.0 Å². The van der Waals surface area contributed by atoms with Crippen LogP contribution < -0.4 is 4.90 Å². The van der Waals surface area contributed by atoms with E-state index in [1.165, 1.54) is 21.7 Å². The van der Waals surface area contributed by atoms with Gasteiger partial charge in [-0.05, 0) is 48.8 Å². The van der Waals surface area contributed by atoms with Crippen molar-refractivity contribution in [3.05, 3.63) is 29.3 Å². The number of anilines is 1. The van der Waals surface area contributed by atoms with Crippen molar-refractivity contribution in [3.63, 3.8) is 0 Å². The Kier molecular flexibility index (Phi) is 5.21. The lowest BCUT2D eigenvalue weighted by Gasteiger charge is -2.36. The van der Waals surface area contributed by atoms with Gasteiger partial charge in [-0.2, -0.15) is 0 Å². The lowest BCUT2D eigenvalue weighted by atomic mass is 9.92. The summed E-state index contributed by atoms with van der Waals surface area (Å²) in [4.78, 5) is 15.0. The number of carbonyl (C=O) groups is 1. The van der Waals surface area contributed by atoms with Crippen molar-refractivity contribution >= 4 is 21.6 Å². The summed E-state index contributed by atoms with van der Waals surface area (Å²) in [6, 6.07) is 6.40. The third kappa shape index (κ3) is 3.90. The molecule has 1 aromatic rings. The van der Waals surface area contributed by atoms with Gasteiger partial charge in [-0.15, -0.1) is 0 Å². The Balaban J connectivity index is 1.82. The van der Waals surface area contributed by atoms with Crippen molar-refractivity contribution < 1.29 is 13.2 Å². The summed E-state index contributed by atoms with van der Waals surface area (Å²) in [7, 11) is -3.24. The summed E-state index contributed by atoms with van der Waals surface area (Å²) < 4.78 is 25.1. The zero-order valence-electron chi connectivity index (χ0n) is 15.4. The molecule has 2 aliphatic rings. The van der Waals surface area contributed by atoms with E-state index in [1.54, 1.807) is 0 Å². The van der Waals surface area contributed by atoms with Gasteiger partial charge in [-0.25, -0.2) is 12.7 Å². The molecule has 0 aromatic heterocycles. The van der Waals surface area contributed by atoms with Crippen LogP contribution in [0.4, 0.5) is 5.69 Å². The van der Waals surface area contributed by atoms with Gasteiger partial charge in [0.25, 0.3) is 0 Å². The molecule has 2 aliphatic heterocycles. The maximum atomic E-state index is 13.1. The van der Waals surface area contributed by atoms with Gasteiger partial charge >= 0.3 is 0 Å². The third-order valence-corrected chi connectivity index (χ3v) is 6.63. The summed E-state index contributed by atoms with van der Waals surface area (Å²) in [5.74, 6) is 0.309. The first-order valence-electron chi connectivity index (χ1n) is 9.16. The first-order chi connectivity index (χ1) is 11.8. The first-order valence-corrected chi connectivity index (χ1v) is 11.0. The molecule has 6 heteroatoms. The second-order valence-electron chi connectivity index (χ2n) is 7.60. The van der Waals surface area contributed by atoms with Gasteiger partial charge in [0.1, 0.15) is 0 Å². The molecule has 3 rings (SSSR count). The zero-order chi connectivity index (χ0) is 18.2. The van der Waals surface area contributed by atoms with E-state index >= 15 is 0 Å². The number of benzene rings is 1. The van der Waals surface area contributed by atoms with Crippen LogP contribution in [0.1, 0.15) is 50.2 Å². The van der Waals surface area contributed by atoms with Crippen LogP contribution in [0.5, 0.6) is 0 Å². The first kappa shape index (κ1) is 18.4. The highest BCUT2D eigenvalue weighted by molar-refractivity contribution is 7.88. The average Bonchev–Trinajstić information content (AvgIpc) is 2.59. The summed E-state index contributed by atoms with van der Waals surface area (Å²) in [5, 5.41) is 0. The maximum Gasteiger partial charge on any atom is 0.231 e. The number of rotatable bonds is 3. The summed E-state index contributed by atoms with van der Waals surface area (Å²) in [6.07, 6.45) is 4.70. The number of piperidine rings is 1. The normalized spacial score (nSPS) is 22.1. The molecule has 138 valence electrons. The fraction of sp³-hybridized carbons (Fsp3) is 0.632. The predicted molar refractivity (Wildman–Crippen MR) is 100 cm³/mol. The Hall–Kier alpha value is -1.40. The molecule has 0 saturated carbocycles. The molecule has 0 unspecified atom stereocenters. The topological polar surface area (TPSA) is 57.7 Å². The second kappa shape index (κ2) is 7.08. The van der Waals surface area contributed by atoms with Crippen molar-refractivity contribution in [2.45, 2.75) is 45.4 Å². The van der Waals surface area contributed by atoms with Crippen LogP contribution in [0.2, 0.25) is 0 Å². The van der Waals surface area contributed by atoms with Crippen LogP contribution in [0.25, 0.3) is 0 Å². The highest BCUT2D eigenvalue weighted by Gasteiger charge is 2.34. The third-order valence-electron chi connectivity index (χ3n) is 5.36. The van der Waals surface area contributed by atoms with Crippen molar-refractivity contribution in [1.29, 1.82) is 0 Å². The number of nitrogens with zero attached hydrogens (tertiary/aromatic N) is 2. The minimum absolute atomic E-state index is 0.0756. The fourth-order valence-corrected chi connectivity index (χ4v) is 4.78. The van der Waals surface area contributed by atoms with Crippen LogP contribution in [-0.2, 0) is 21.2 Å². The molecule has 1 aromatic carbocycles. The Morgan fingerprint density at radius 3 is 2.64 bits per heavy atom. The fourth-order valence-electron chi connectivity index (χ4n) is 3.87. The Bertz CT molecular complexity index is 758. The van der Waals surface area contributed by atoms with E-state index in [-0.39, 0.29) is 11.8 Å². The van der Waals surface area contributed by atoms with E-state index in [2.05, 4.69) is 32.0 Å². The van der Waals surface area contributed by atoms with Crippen LogP contribution >= 0.6 is 0 Å². The van der Waals surface area contributed by atoms with Gasteiger partial charge in [0, 0.05) is 25.3 Å². The number of hydrogen-bond acceptors (Lipinski definition) is 3. The molecule has 0 bridgehead atoms. The molecule has 25 heavy (non-hydrogen) atoms. The summed E-state index contributed by atoms with van der Waals surface area (Å²) in [5.41, 5.74) is 3.55. The van der Waals surface area contributed by atoms with Crippen LogP contribution in [0.15, 0.2) is 18.2 Å². The van der Waals surface area contributed by atoms with Crippen molar-refractivity contribution in [2.24, 2.45) is 5.92 Å². The molecule has 5 nitrogen and oxygen atoms in total. The van der Waals surface area contributed by atoms with Crippen LogP contribution in [0, 0.1) is 5.92 Å². The molecule has 1 amide bonds. The lowest BCUT2D eigenvalue weighted by molar-refractivity contribution is -0.123. The largest absolute Gasteiger partial charge is 0.312 e. The smallest absolute Gasteiger partial charge is 0.231 e. The zero-order valence-corrected chi connectivity index (χ0v) is 16.2. The van der Waals surface area contributed by atoms with Crippen molar-refractivity contribution in [1.82, 2.24) is 4.31 Å². The van der Waals surface area contributed by atoms with Gasteiger partial charge in [-0.1, -0.05) is 26.0 Å². The maximum absolute atomic E-state index is 13.1. The van der Waals surface area contributed by atoms with Gasteiger partial charge in [-0.3, -0.25) is 4.79 Å². The van der Waals surface area contributed by atoms with E-state index in [0.717, 1.165) is 37.9 Å². The van der Waals surface area contributed by atoms with Crippen LogP contribution in [0.3, 0.4) is 0 Å². The van der Waals surface area contributed by atoms with Crippen molar-refractivity contribution in [3.8, 4) is 0 Å². The molecule has 0 radical (unpaired) electrons. The molecular formula is C19H28N2O3S. The molecule has 0 spiro atoms. The van der Waals surface area contributed by atoms with E-state index in [1.807, 2.05) is 4.90 Å². The number of carbonyl (C=O) groups excluding carboxylic acids is 1. The molecule has 0 N–H and O–H groups in total. The van der Waals surface area contributed by atoms with E-state index in [4.69, 9.17) is 0 Å².